The van der Waals surface area contributed by atoms with Crippen LogP contribution in [0.1, 0.15) is 29.5 Å². The largest absolute Gasteiger partial charge is 0.453 e. The van der Waals surface area contributed by atoms with Crippen molar-refractivity contribution in [2.24, 2.45) is 0 Å². The Morgan fingerprint density at radius 1 is 1.28 bits per heavy atom. The standard InChI is InChI=1S/C15H16O3/c1-3-13(16)15-8-7-14(18-15)12-6-4-5-11(9-12)10-17-2/h4-9H,3,10H2,1-2H3. The van der Waals surface area contributed by atoms with Crippen molar-refractivity contribution in [3.8, 4) is 11.3 Å². The third-order valence-electron chi connectivity index (χ3n) is 2.72. The predicted molar refractivity (Wildman–Crippen MR) is 69.5 cm³/mol. The molecule has 18 heavy (non-hydrogen) atoms. The number of carbonyl (C=O) groups is 1. The molecule has 1 aromatic carbocycles. The molecule has 0 saturated carbocycles. The van der Waals surface area contributed by atoms with E-state index in [1.54, 1.807) is 13.2 Å². The van der Waals surface area contributed by atoms with E-state index in [9.17, 15) is 4.79 Å². The van der Waals surface area contributed by atoms with Crippen LogP contribution in [0.25, 0.3) is 11.3 Å². The van der Waals surface area contributed by atoms with Crippen LogP contribution < -0.4 is 0 Å². The molecule has 0 saturated heterocycles. The average Bonchev–Trinajstić information content (AvgIpc) is 2.88. The first kappa shape index (κ1) is 12.6. The summed E-state index contributed by atoms with van der Waals surface area (Å²) in [6.45, 7) is 2.39. The Bertz CT molecular complexity index is 540. The highest BCUT2D eigenvalue weighted by molar-refractivity contribution is 5.93. The maximum absolute atomic E-state index is 11.5. The molecule has 0 spiro atoms. The molecule has 0 aliphatic heterocycles. The van der Waals surface area contributed by atoms with Gasteiger partial charge in [0.2, 0.25) is 0 Å². The molecule has 94 valence electrons. The van der Waals surface area contributed by atoms with E-state index in [4.69, 9.17) is 9.15 Å². The van der Waals surface area contributed by atoms with Gasteiger partial charge in [-0.05, 0) is 23.8 Å². The van der Waals surface area contributed by atoms with Gasteiger partial charge in [0.1, 0.15) is 5.76 Å². The van der Waals surface area contributed by atoms with Gasteiger partial charge >= 0.3 is 0 Å². The molecular formula is C15H16O3. The van der Waals surface area contributed by atoms with E-state index in [-0.39, 0.29) is 5.78 Å². The van der Waals surface area contributed by atoms with Crippen molar-refractivity contribution in [1.29, 1.82) is 0 Å². The van der Waals surface area contributed by atoms with Crippen molar-refractivity contribution in [3.63, 3.8) is 0 Å². The van der Waals surface area contributed by atoms with Crippen LogP contribution in [0, 0.1) is 0 Å². The van der Waals surface area contributed by atoms with Crippen LogP contribution >= 0.6 is 0 Å². The summed E-state index contributed by atoms with van der Waals surface area (Å²) >= 11 is 0. The summed E-state index contributed by atoms with van der Waals surface area (Å²) in [6, 6.07) is 11.5. The van der Waals surface area contributed by atoms with Gasteiger partial charge in [-0.3, -0.25) is 4.79 Å². The van der Waals surface area contributed by atoms with E-state index in [1.165, 1.54) is 0 Å². The highest BCUT2D eigenvalue weighted by Gasteiger charge is 2.10. The number of rotatable bonds is 5. The SMILES string of the molecule is CCC(=O)c1ccc(-c2cccc(COC)c2)o1. The summed E-state index contributed by atoms with van der Waals surface area (Å²) in [6.07, 6.45) is 0.455. The first-order valence-electron chi connectivity index (χ1n) is 5.96. The fourth-order valence-electron chi connectivity index (χ4n) is 1.80. The Morgan fingerprint density at radius 2 is 2.11 bits per heavy atom. The number of Topliss-reactive ketones (excluding diaryl/α,β-unsaturated/α-hetero) is 1. The van der Waals surface area contributed by atoms with Crippen molar-refractivity contribution in [2.75, 3.05) is 7.11 Å². The zero-order valence-corrected chi connectivity index (χ0v) is 10.6. The molecule has 0 atom stereocenters. The van der Waals surface area contributed by atoms with Crippen molar-refractivity contribution in [2.45, 2.75) is 20.0 Å². The molecule has 3 heteroatoms. The normalized spacial score (nSPS) is 10.6. The van der Waals surface area contributed by atoms with Gasteiger partial charge in [0.05, 0.1) is 6.61 Å². The van der Waals surface area contributed by atoms with Gasteiger partial charge in [-0.1, -0.05) is 25.1 Å². The molecule has 0 amide bonds. The Balaban J connectivity index is 2.28. The number of carbonyl (C=O) groups excluding carboxylic acids is 1. The second-order valence-electron chi connectivity index (χ2n) is 4.07. The lowest BCUT2D eigenvalue weighted by Gasteiger charge is -2.02. The van der Waals surface area contributed by atoms with Gasteiger partial charge in [-0.2, -0.15) is 0 Å². The maximum Gasteiger partial charge on any atom is 0.197 e. The minimum atomic E-state index is 0.0225. The van der Waals surface area contributed by atoms with Crippen molar-refractivity contribution in [3.05, 3.63) is 47.7 Å². The minimum Gasteiger partial charge on any atom is -0.453 e. The van der Waals surface area contributed by atoms with Crippen LogP contribution in [-0.2, 0) is 11.3 Å². The van der Waals surface area contributed by atoms with Crippen LogP contribution in [0.3, 0.4) is 0 Å². The molecule has 0 N–H and O–H groups in total. The maximum atomic E-state index is 11.5. The molecule has 0 unspecified atom stereocenters. The van der Waals surface area contributed by atoms with Crippen LogP contribution in [0.4, 0.5) is 0 Å². The van der Waals surface area contributed by atoms with E-state index in [0.29, 0.717) is 24.5 Å². The monoisotopic (exact) mass is 244 g/mol. The zero-order chi connectivity index (χ0) is 13.0. The molecule has 0 fully saturated rings. The molecule has 1 aromatic heterocycles. The van der Waals surface area contributed by atoms with Crippen molar-refractivity contribution < 1.29 is 13.9 Å². The summed E-state index contributed by atoms with van der Waals surface area (Å²) < 4.78 is 10.7. The Kier molecular flexibility index (Phi) is 3.95. The van der Waals surface area contributed by atoms with Crippen molar-refractivity contribution in [1.82, 2.24) is 0 Å². The smallest absolute Gasteiger partial charge is 0.197 e. The lowest BCUT2D eigenvalue weighted by Crippen LogP contribution is -1.92. The highest BCUT2D eigenvalue weighted by Crippen LogP contribution is 2.24. The zero-order valence-electron chi connectivity index (χ0n) is 10.6. The first-order chi connectivity index (χ1) is 8.74. The predicted octanol–water partition coefficient (Wildman–Crippen LogP) is 3.69. The topological polar surface area (TPSA) is 39.4 Å². The number of hydrogen-bond acceptors (Lipinski definition) is 3. The second kappa shape index (κ2) is 5.65. The van der Waals surface area contributed by atoms with E-state index >= 15 is 0 Å². The van der Waals surface area contributed by atoms with Gasteiger partial charge in [-0.25, -0.2) is 0 Å². The number of ketones is 1. The summed E-state index contributed by atoms with van der Waals surface area (Å²) in [5.41, 5.74) is 2.04. The third-order valence-corrected chi connectivity index (χ3v) is 2.72. The van der Waals surface area contributed by atoms with E-state index in [2.05, 4.69) is 0 Å². The van der Waals surface area contributed by atoms with Crippen LogP contribution in [0.5, 0.6) is 0 Å². The first-order valence-corrected chi connectivity index (χ1v) is 5.96. The quantitative estimate of drug-likeness (QED) is 0.753. The van der Waals surface area contributed by atoms with Gasteiger partial charge in [-0.15, -0.1) is 0 Å². The minimum absolute atomic E-state index is 0.0225. The second-order valence-corrected chi connectivity index (χ2v) is 4.07. The molecule has 0 radical (unpaired) electrons. The van der Waals surface area contributed by atoms with Crippen LogP contribution in [0.15, 0.2) is 40.8 Å². The fourth-order valence-corrected chi connectivity index (χ4v) is 1.80. The van der Waals surface area contributed by atoms with Gasteiger partial charge in [0.15, 0.2) is 11.5 Å². The fraction of sp³-hybridized carbons (Fsp3) is 0.267. The number of benzene rings is 1. The summed E-state index contributed by atoms with van der Waals surface area (Å²) in [5, 5.41) is 0. The Morgan fingerprint density at radius 3 is 2.83 bits per heavy atom. The average molecular weight is 244 g/mol. The number of methoxy groups -OCH3 is 1. The van der Waals surface area contributed by atoms with E-state index in [0.717, 1.165) is 11.1 Å². The molecule has 0 aliphatic rings. The Hall–Kier alpha value is -1.87. The number of furan rings is 1. The lowest BCUT2D eigenvalue weighted by atomic mass is 10.1. The highest BCUT2D eigenvalue weighted by atomic mass is 16.5. The Labute approximate surface area is 106 Å². The van der Waals surface area contributed by atoms with Gasteiger partial charge in [0.25, 0.3) is 0 Å². The molecule has 2 aromatic rings. The van der Waals surface area contributed by atoms with Crippen molar-refractivity contribution >= 4 is 5.78 Å². The summed E-state index contributed by atoms with van der Waals surface area (Å²) in [7, 11) is 1.66. The third kappa shape index (κ3) is 2.68. The molecule has 2 rings (SSSR count). The molecular weight excluding hydrogens is 228 g/mol. The molecule has 1 heterocycles. The van der Waals surface area contributed by atoms with E-state index < -0.39 is 0 Å². The summed E-state index contributed by atoms with van der Waals surface area (Å²) in [4.78, 5) is 11.5. The molecule has 0 bridgehead atoms. The molecule has 3 nitrogen and oxygen atoms in total. The summed E-state index contributed by atoms with van der Waals surface area (Å²) in [5.74, 6) is 1.16. The van der Waals surface area contributed by atoms with Crippen LogP contribution in [-0.4, -0.2) is 12.9 Å². The van der Waals surface area contributed by atoms with Gasteiger partial charge < -0.3 is 9.15 Å². The van der Waals surface area contributed by atoms with Gasteiger partial charge in [0, 0.05) is 19.1 Å². The van der Waals surface area contributed by atoms with E-state index in [1.807, 2.05) is 37.3 Å². The number of ether oxygens (including phenoxy) is 1. The lowest BCUT2D eigenvalue weighted by molar-refractivity contribution is 0.0962. The number of hydrogen-bond donors (Lipinski definition) is 0. The molecule has 0 aliphatic carbocycles. The van der Waals surface area contributed by atoms with Crippen LogP contribution in [0.2, 0.25) is 0 Å².